The van der Waals surface area contributed by atoms with Crippen LogP contribution in [0.1, 0.15) is 22.3 Å². The molecule has 0 saturated heterocycles. The van der Waals surface area contributed by atoms with E-state index in [4.69, 9.17) is 4.74 Å². The standard InChI is InChI=1S/C15H16F3NO2/c1-21-10-11-4-6-19(7-5-11)14-3-2-12(9-20)8-13(14)15(16,17)18/h2-4,8-9H,5-7,10H2,1H3. The number of nitrogens with zero attached hydrogens (tertiary/aromatic N) is 1. The summed E-state index contributed by atoms with van der Waals surface area (Å²) in [6, 6.07) is 3.67. The molecule has 3 nitrogen and oxygen atoms in total. The van der Waals surface area contributed by atoms with Crippen LogP contribution in [0.5, 0.6) is 0 Å². The van der Waals surface area contributed by atoms with Gasteiger partial charge in [-0.15, -0.1) is 0 Å². The van der Waals surface area contributed by atoms with Crippen molar-refractivity contribution in [1.82, 2.24) is 0 Å². The van der Waals surface area contributed by atoms with Gasteiger partial charge in [0.05, 0.1) is 12.2 Å². The van der Waals surface area contributed by atoms with Crippen molar-refractivity contribution in [2.24, 2.45) is 0 Å². The van der Waals surface area contributed by atoms with Crippen LogP contribution in [0.2, 0.25) is 0 Å². The summed E-state index contributed by atoms with van der Waals surface area (Å²) in [7, 11) is 1.59. The highest BCUT2D eigenvalue weighted by atomic mass is 19.4. The van der Waals surface area contributed by atoms with Crippen LogP contribution in [-0.2, 0) is 10.9 Å². The Kier molecular flexibility index (Phi) is 4.67. The summed E-state index contributed by atoms with van der Waals surface area (Å²) < 4.78 is 44.4. The molecule has 1 heterocycles. The Morgan fingerprint density at radius 2 is 2.14 bits per heavy atom. The second kappa shape index (κ2) is 6.30. The molecule has 0 radical (unpaired) electrons. The van der Waals surface area contributed by atoms with Crippen molar-refractivity contribution in [3.05, 3.63) is 41.0 Å². The van der Waals surface area contributed by atoms with Crippen LogP contribution in [-0.4, -0.2) is 33.1 Å². The lowest BCUT2D eigenvalue weighted by atomic mass is 10.0. The minimum absolute atomic E-state index is 0.0266. The first-order valence-corrected chi connectivity index (χ1v) is 6.54. The number of carbonyl (C=O) groups is 1. The summed E-state index contributed by atoms with van der Waals surface area (Å²) in [5.41, 5.74) is 0.460. The van der Waals surface area contributed by atoms with Gasteiger partial charge in [-0.2, -0.15) is 13.2 Å². The zero-order valence-corrected chi connectivity index (χ0v) is 11.6. The van der Waals surface area contributed by atoms with Crippen LogP contribution >= 0.6 is 0 Å². The van der Waals surface area contributed by atoms with Gasteiger partial charge in [0.25, 0.3) is 0 Å². The molecule has 2 rings (SSSR count). The molecule has 1 aliphatic heterocycles. The van der Waals surface area contributed by atoms with Crippen LogP contribution in [0.3, 0.4) is 0 Å². The lowest BCUT2D eigenvalue weighted by Gasteiger charge is -2.30. The second-order valence-corrected chi connectivity index (χ2v) is 4.88. The van der Waals surface area contributed by atoms with Gasteiger partial charge in [0.2, 0.25) is 0 Å². The largest absolute Gasteiger partial charge is 0.418 e. The summed E-state index contributed by atoms with van der Waals surface area (Å²) in [6.45, 7) is 1.41. The number of hydrogen-bond donors (Lipinski definition) is 0. The van der Waals surface area contributed by atoms with Crippen molar-refractivity contribution in [2.75, 3.05) is 31.7 Å². The first-order chi connectivity index (χ1) is 9.95. The molecule has 0 aliphatic carbocycles. The zero-order chi connectivity index (χ0) is 15.5. The maximum absolute atomic E-state index is 13.1. The highest BCUT2D eigenvalue weighted by Gasteiger charge is 2.35. The summed E-state index contributed by atoms with van der Waals surface area (Å²) in [5, 5.41) is 0. The predicted octanol–water partition coefficient (Wildman–Crippen LogP) is 3.30. The summed E-state index contributed by atoms with van der Waals surface area (Å²) in [6.07, 6.45) is -1.50. The third-order valence-corrected chi connectivity index (χ3v) is 3.44. The number of methoxy groups -OCH3 is 1. The lowest BCUT2D eigenvalue weighted by molar-refractivity contribution is -0.137. The number of anilines is 1. The number of benzene rings is 1. The molecule has 114 valence electrons. The van der Waals surface area contributed by atoms with Crippen molar-refractivity contribution in [1.29, 1.82) is 0 Å². The molecule has 0 atom stereocenters. The Balaban J connectivity index is 2.30. The van der Waals surface area contributed by atoms with Gasteiger partial charge in [0.15, 0.2) is 0 Å². The van der Waals surface area contributed by atoms with Gasteiger partial charge in [0.1, 0.15) is 6.29 Å². The Hall–Kier alpha value is -1.82. The molecule has 0 fully saturated rings. The highest BCUT2D eigenvalue weighted by Crippen LogP contribution is 2.37. The van der Waals surface area contributed by atoms with Gasteiger partial charge in [-0.05, 0) is 30.2 Å². The molecule has 1 aromatic carbocycles. The first-order valence-electron chi connectivity index (χ1n) is 6.54. The van der Waals surface area contributed by atoms with E-state index in [1.54, 1.807) is 12.0 Å². The second-order valence-electron chi connectivity index (χ2n) is 4.88. The smallest absolute Gasteiger partial charge is 0.380 e. The van der Waals surface area contributed by atoms with Gasteiger partial charge in [-0.1, -0.05) is 6.08 Å². The van der Waals surface area contributed by atoms with E-state index >= 15 is 0 Å². The van der Waals surface area contributed by atoms with Crippen molar-refractivity contribution in [3.63, 3.8) is 0 Å². The third-order valence-electron chi connectivity index (χ3n) is 3.44. The molecule has 0 bridgehead atoms. The summed E-state index contributed by atoms with van der Waals surface area (Å²) in [5.74, 6) is 0. The van der Waals surface area contributed by atoms with Gasteiger partial charge in [0, 0.05) is 31.5 Å². The van der Waals surface area contributed by atoms with Crippen molar-refractivity contribution in [3.8, 4) is 0 Å². The number of aldehydes is 1. The van der Waals surface area contributed by atoms with Crippen LogP contribution in [0.25, 0.3) is 0 Å². The minimum Gasteiger partial charge on any atom is -0.380 e. The molecule has 21 heavy (non-hydrogen) atoms. The lowest BCUT2D eigenvalue weighted by Crippen LogP contribution is -2.31. The van der Waals surface area contributed by atoms with E-state index in [0.29, 0.717) is 32.4 Å². The molecule has 1 aliphatic rings. The molecule has 0 unspecified atom stereocenters. The Labute approximate surface area is 121 Å². The molecule has 0 saturated carbocycles. The van der Waals surface area contributed by atoms with Crippen molar-refractivity contribution in [2.45, 2.75) is 12.6 Å². The van der Waals surface area contributed by atoms with Crippen LogP contribution in [0.15, 0.2) is 29.8 Å². The average molecular weight is 299 g/mol. The van der Waals surface area contributed by atoms with Gasteiger partial charge in [-0.25, -0.2) is 0 Å². The molecule has 1 aromatic rings. The van der Waals surface area contributed by atoms with E-state index < -0.39 is 11.7 Å². The Bertz CT molecular complexity index is 552. The maximum atomic E-state index is 13.1. The normalized spacial score (nSPS) is 15.8. The van der Waals surface area contributed by atoms with Crippen molar-refractivity contribution >= 4 is 12.0 Å². The number of halogens is 3. The molecule has 0 N–H and O–H groups in total. The minimum atomic E-state index is -4.48. The fraction of sp³-hybridized carbons (Fsp3) is 0.400. The van der Waals surface area contributed by atoms with Crippen molar-refractivity contribution < 1.29 is 22.7 Å². The Morgan fingerprint density at radius 1 is 1.38 bits per heavy atom. The van der Waals surface area contributed by atoms with Gasteiger partial charge in [-0.3, -0.25) is 4.79 Å². The molecule has 0 amide bonds. The highest BCUT2D eigenvalue weighted by molar-refractivity contribution is 5.77. The monoisotopic (exact) mass is 299 g/mol. The quantitative estimate of drug-likeness (QED) is 0.631. The molecular formula is C15H16F3NO2. The van der Waals surface area contributed by atoms with E-state index in [2.05, 4.69) is 0 Å². The fourth-order valence-corrected chi connectivity index (χ4v) is 2.38. The van der Waals surface area contributed by atoms with Gasteiger partial charge < -0.3 is 9.64 Å². The van der Waals surface area contributed by atoms with Crippen LogP contribution in [0, 0.1) is 0 Å². The summed E-state index contributed by atoms with van der Waals surface area (Å²) >= 11 is 0. The number of ether oxygens (including phenoxy) is 1. The van der Waals surface area contributed by atoms with E-state index in [9.17, 15) is 18.0 Å². The van der Waals surface area contributed by atoms with Crippen LogP contribution < -0.4 is 4.90 Å². The van der Waals surface area contributed by atoms with E-state index in [1.165, 1.54) is 12.1 Å². The predicted molar refractivity (Wildman–Crippen MR) is 73.6 cm³/mol. The number of carbonyl (C=O) groups excluding carboxylic acids is 1. The van der Waals surface area contributed by atoms with Crippen LogP contribution in [0.4, 0.5) is 18.9 Å². The fourth-order valence-electron chi connectivity index (χ4n) is 2.38. The third kappa shape index (κ3) is 3.64. The maximum Gasteiger partial charge on any atom is 0.418 e. The SMILES string of the molecule is COCC1=CCN(c2ccc(C=O)cc2C(F)(F)F)CC1. The average Bonchev–Trinajstić information content (AvgIpc) is 2.47. The molecule has 0 aromatic heterocycles. The Morgan fingerprint density at radius 3 is 2.67 bits per heavy atom. The summed E-state index contributed by atoms with van der Waals surface area (Å²) in [4.78, 5) is 12.3. The van der Waals surface area contributed by atoms with E-state index in [-0.39, 0.29) is 11.3 Å². The molecule has 0 spiro atoms. The van der Waals surface area contributed by atoms with E-state index in [0.717, 1.165) is 11.6 Å². The molecule has 6 heteroatoms. The molecular weight excluding hydrogens is 283 g/mol. The van der Waals surface area contributed by atoms with Gasteiger partial charge >= 0.3 is 6.18 Å². The number of alkyl halides is 3. The number of hydrogen-bond acceptors (Lipinski definition) is 3. The zero-order valence-electron chi connectivity index (χ0n) is 11.6. The van der Waals surface area contributed by atoms with E-state index in [1.807, 2.05) is 6.08 Å². The topological polar surface area (TPSA) is 29.5 Å². The first kappa shape index (κ1) is 15.6. The number of rotatable bonds is 4.